The highest BCUT2D eigenvalue weighted by Gasteiger charge is 1.98. The molecule has 0 saturated carbocycles. The van der Waals surface area contributed by atoms with Crippen LogP contribution in [0, 0.1) is 11.8 Å². The van der Waals surface area contributed by atoms with Gasteiger partial charge >= 0.3 is 0 Å². The largest absolute Gasteiger partial charge is 0.489 e. The summed E-state index contributed by atoms with van der Waals surface area (Å²) in [6.45, 7) is 0.517. The third-order valence-electron chi connectivity index (χ3n) is 3.94. The molecular formula is C25H22N2O2. The van der Waals surface area contributed by atoms with Crippen LogP contribution >= 0.6 is 0 Å². The van der Waals surface area contributed by atoms with Gasteiger partial charge in [0.25, 0.3) is 0 Å². The molecule has 0 spiro atoms. The topological polar surface area (TPSA) is 58.1 Å². The zero-order valence-electron chi connectivity index (χ0n) is 16.0. The summed E-state index contributed by atoms with van der Waals surface area (Å²) in [5.74, 6) is 6.96. The third-order valence-corrected chi connectivity index (χ3v) is 3.94. The van der Waals surface area contributed by atoms with Gasteiger partial charge in [0.2, 0.25) is 0 Å². The van der Waals surface area contributed by atoms with Crippen LogP contribution in [0.15, 0.2) is 97.5 Å². The Labute approximate surface area is 170 Å². The van der Waals surface area contributed by atoms with E-state index in [1.54, 1.807) is 12.4 Å². The van der Waals surface area contributed by atoms with Crippen molar-refractivity contribution in [3.8, 4) is 17.6 Å². The summed E-state index contributed by atoms with van der Waals surface area (Å²) in [6.07, 6.45) is 5.35. The molecule has 0 unspecified atom stereocenters. The van der Waals surface area contributed by atoms with Crippen LogP contribution in [0.3, 0.4) is 0 Å². The van der Waals surface area contributed by atoms with Gasteiger partial charge in [-0.25, -0.2) is 0 Å². The summed E-state index contributed by atoms with van der Waals surface area (Å²) in [5.41, 5.74) is 3.76. The number of ether oxygens (including phenoxy) is 1. The number of aromatic amines is 1. The maximum atomic E-state index is 9.14. The van der Waals surface area contributed by atoms with E-state index in [1.807, 2.05) is 85.1 Å². The molecule has 4 aromatic rings. The Balaban J connectivity index is 0.000000343. The van der Waals surface area contributed by atoms with Gasteiger partial charge in [-0.05, 0) is 65.6 Å². The van der Waals surface area contributed by atoms with Crippen molar-refractivity contribution in [2.75, 3.05) is 0 Å². The normalized spacial score (nSPS) is 9.55. The van der Waals surface area contributed by atoms with Gasteiger partial charge in [-0.15, -0.1) is 0 Å². The number of benzene rings is 2. The second kappa shape index (κ2) is 11.1. The Morgan fingerprint density at radius 2 is 1.62 bits per heavy atom. The van der Waals surface area contributed by atoms with Crippen LogP contribution < -0.4 is 4.74 Å². The molecular weight excluding hydrogens is 360 g/mol. The first-order valence-corrected chi connectivity index (χ1v) is 9.25. The maximum absolute atomic E-state index is 9.14. The summed E-state index contributed by atoms with van der Waals surface area (Å²) in [6, 6.07) is 25.0. The number of H-pyrrole nitrogens is 1. The molecule has 2 N–H and O–H groups in total. The van der Waals surface area contributed by atoms with Crippen molar-refractivity contribution in [3.05, 3.63) is 120 Å². The fourth-order valence-corrected chi connectivity index (χ4v) is 2.48. The Kier molecular flexibility index (Phi) is 7.65. The van der Waals surface area contributed by atoms with Crippen LogP contribution in [0.4, 0.5) is 0 Å². The number of aromatic nitrogens is 2. The molecule has 0 aliphatic heterocycles. The zero-order valence-corrected chi connectivity index (χ0v) is 16.0. The van der Waals surface area contributed by atoms with Crippen molar-refractivity contribution in [2.24, 2.45) is 0 Å². The number of aliphatic hydroxyl groups excluding tert-OH is 1. The Bertz CT molecular complexity index is 1000. The van der Waals surface area contributed by atoms with Crippen molar-refractivity contribution in [2.45, 2.75) is 13.2 Å². The molecule has 2 heterocycles. The van der Waals surface area contributed by atoms with Crippen LogP contribution in [-0.2, 0) is 13.2 Å². The highest BCUT2D eigenvalue weighted by Crippen LogP contribution is 2.14. The van der Waals surface area contributed by atoms with E-state index in [9.17, 15) is 0 Å². The lowest BCUT2D eigenvalue weighted by molar-refractivity contribution is 0.280. The summed E-state index contributed by atoms with van der Waals surface area (Å²) in [7, 11) is 0. The van der Waals surface area contributed by atoms with Crippen LogP contribution in [0.5, 0.6) is 5.75 Å². The van der Waals surface area contributed by atoms with Crippen molar-refractivity contribution < 1.29 is 9.84 Å². The molecule has 0 fully saturated rings. The molecule has 0 radical (unpaired) electrons. The van der Waals surface area contributed by atoms with E-state index < -0.39 is 0 Å². The molecule has 0 amide bonds. The molecule has 144 valence electrons. The quantitative estimate of drug-likeness (QED) is 0.509. The van der Waals surface area contributed by atoms with E-state index in [2.05, 4.69) is 21.8 Å². The molecule has 0 bridgehead atoms. The number of pyridine rings is 1. The summed E-state index contributed by atoms with van der Waals surface area (Å²) < 4.78 is 5.76. The monoisotopic (exact) mass is 382 g/mol. The molecule has 0 aliphatic rings. The molecule has 2 aromatic carbocycles. The number of nitrogens with zero attached hydrogens (tertiary/aromatic N) is 1. The van der Waals surface area contributed by atoms with Crippen molar-refractivity contribution in [1.29, 1.82) is 0 Å². The van der Waals surface area contributed by atoms with Gasteiger partial charge in [0.1, 0.15) is 12.4 Å². The van der Waals surface area contributed by atoms with Crippen LogP contribution in [-0.4, -0.2) is 15.1 Å². The van der Waals surface area contributed by atoms with Gasteiger partial charge in [-0.2, -0.15) is 0 Å². The molecule has 4 heteroatoms. The Morgan fingerprint density at radius 1 is 0.828 bits per heavy atom. The van der Waals surface area contributed by atoms with Crippen LogP contribution in [0.1, 0.15) is 22.4 Å². The molecule has 0 atom stereocenters. The first-order chi connectivity index (χ1) is 14.3. The Morgan fingerprint density at radius 3 is 2.24 bits per heavy atom. The van der Waals surface area contributed by atoms with Gasteiger partial charge in [-0.3, -0.25) is 4.98 Å². The average Bonchev–Trinajstić information content (AvgIpc) is 3.32. The van der Waals surface area contributed by atoms with Crippen molar-refractivity contribution in [3.63, 3.8) is 0 Å². The van der Waals surface area contributed by atoms with Gasteiger partial charge in [0, 0.05) is 24.2 Å². The predicted molar refractivity (Wildman–Crippen MR) is 114 cm³/mol. The van der Waals surface area contributed by atoms with E-state index in [4.69, 9.17) is 9.84 Å². The maximum Gasteiger partial charge on any atom is 0.119 e. The third kappa shape index (κ3) is 7.02. The first kappa shape index (κ1) is 19.9. The first-order valence-electron chi connectivity index (χ1n) is 9.25. The van der Waals surface area contributed by atoms with E-state index in [0.717, 1.165) is 28.1 Å². The number of rotatable bonds is 4. The lowest BCUT2D eigenvalue weighted by Gasteiger charge is -2.07. The lowest BCUT2D eigenvalue weighted by Crippen LogP contribution is -1.96. The fourth-order valence-electron chi connectivity index (χ4n) is 2.48. The SMILES string of the molecule is OCc1cccc(COc2ccc(C#Cc3ccc[nH]3)cc2)c1.c1ccncc1. The van der Waals surface area contributed by atoms with E-state index >= 15 is 0 Å². The molecule has 4 rings (SSSR count). The molecule has 0 saturated heterocycles. The van der Waals surface area contributed by atoms with Crippen molar-refractivity contribution >= 4 is 0 Å². The number of hydrogen-bond acceptors (Lipinski definition) is 3. The lowest BCUT2D eigenvalue weighted by atomic mass is 10.1. The van der Waals surface area contributed by atoms with Gasteiger partial charge < -0.3 is 14.8 Å². The van der Waals surface area contributed by atoms with E-state index in [0.29, 0.717) is 6.61 Å². The highest BCUT2D eigenvalue weighted by molar-refractivity contribution is 5.42. The van der Waals surface area contributed by atoms with Crippen molar-refractivity contribution in [1.82, 2.24) is 9.97 Å². The molecule has 29 heavy (non-hydrogen) atoms. The number of aliphatic hydroxyl groups is 1. The second-order valence-corrected chi connectivity index (χ2v) is 6.15. The second-order valence-electron chi connectivity index (χ2n) is 6.15. The van der Waals surface area contributed by atoms with E-state index in [1.165, 1.54) is 0 Å². The minimum atomic E-state index is 0.0437. The van der Waals surface area contributed by atoms with Crippen LogP contribution in [0.25, 0.3) is 0 Å². The fraction of sp³-hybridized carbons (Fsp3) is 0.0800. The minimum Gasteiger partial charge on any atom is -0.489 e. The number of nitrogens with one attached hydrogen (secondary N) is 1. The summed E-state index contributed by atoms with van der Waals surface area (Å²) in [4.78, 5) is 6.84. The number of hydrogen-bond donors (Lipinski definition) is 2. The highest BCUT2D eigenvalue weighted by atomic mass is 16.5. The average molecular weight is 382 g/mol. The predicted octanol–water partition coefficient (Wildman–Crippen LogP) is 4.57. The van der Waals surface area contributed by atoms with Crippen LogP contribution in [0.2, 0.25) is 0 Å². The minimum absolute atomic E-state index is 0.0437. The van der Waals surface area contributed by atoms with E-state index in [-0.39, 0.29) is 6.61 Å². The zero-order chi connectivity index (χ0) is 20.2. The summed E-state index contributed by atoms with van der Waals surface area (Å²) >= 11 is 0. The smallest absolute Gasteiger partial charge is 0.119 e. The summed E-state index contributed by atoms with van der Waals surface area (Å²) in [5, 5.41) is 9.14. The molecule has 0 aliphatic carbocycles. The molecule has 2 aromatic heterocycles. The van der Waals surface area contributed by atoms with Gasteiger partial charge in [-0.1, -0.05) is 36.3 Å². The molecule has 4 nitrogen and oxygen atoms in total. The Hall–Kier alpha value is -3.81. The van der Waals surface area contributed by atoms with Gasteiger partial charge in [0.15, 0.2) is 0 Å². The van der Waals surface area contributed by atoms with Gasteiger partial charge in [0.05, 0.1) is 12.3 Å². The standard InChI is InChI=1S/C20H17NO2.C5H5N/c22-14-17-3-1-4-18(13-17)15-23-20-10-7-16(8-11-20)6-9-19-5-2-12-21-19;1-2-4-6-5-3-1/h1-5,7-8,10-13,21-22H,14-15H2;1-5H.